The number of carbonyl (C=O) groups is 3. The molecule has 2 aromatic carbocycles. The normalized spacial score (nSPS) is 11.2. The number of fused-ring (bicyclic) bond motifs is 1. The Kier molecular flexibility index (Phi) is 7.23. The fourth-order valence-corrected chi connectivity index (χ4v) is 3.65. The minimum atomic E-state index is -0.907. The van der Waals surface area contributed by atoms with Gasteiger partial charge in [0.15, 0.2) is 11.5 Å². The number of aromatic nitrogens is 1. The van der Waals surface area contributed by atoms with Gasteiger partial charge in [0.25, 0.3) is 5.69 Å². The Morgan fingerprint density at radius 1 is 1.09 bits per heavy atom. The highest BCUT2D eigenvalue weighted by atomic mass is 16.6. The molecule has 0 saturated carbocycles. The molecular weight excluding hydrogens is 454 g/mol. The van der Waals surface area contributed by atoms with E-state index in [4.69, 9.17) is 9.47 Å². The van der Waals surface area contributed by atoms with Crippen LogP contribution < -0.4 is 4.90 Å². The van der Waals surface area contributed by atoms with Crippen LogP contribution >= 0.6 is 0 Å². The van der Waals surface area contributed by atoms with Gasteiger partial charge in [-0.2, -0.15) is 0 Å². The highest BCUT2D eigenvalue weighted by Crippen LogP contribution is 2.37. The smallest absolute Gasteiger partial charge is 0.419 e. The van der Waals surface area contributed by atoms with E-state index in [0.717, 1.165) is 4.57 Å². The van der Waals surface area contributed by atoms with Gasteiger partial charge in [0.2, 0.25) is 0 Å². The summed E-state index contributed by atoms with van der Waals surface area (Å²) in [4.78, 5) is 51.6. The standard InChI is InChI=1S/C25H27N3O7/c1-6-34-23(30)22-21(26(5)15-20(29)16-10-8-7-9-11-16)18-13-12-17(28(32)33)14-19(18)27(22)24(31)35-25(2,3)4/h7-14H,6,15H2,1-5H3. The van der Waals surface area contributed by atoms with Crippen molar-refractivity contribution >= 4 is 40.1 Å². The first-order valence-electron chi connectivity index (χ1n) is 11.0. The average Bonchev–Trinajstić information content (AvgIpc) is 3.13. The van der Waals surface area contributed by atoms with E-state index in [1.54, 1.807) is 65.1 Å². The fourth-order valence-electron chi connectivity index (χ4n) is 3.65. The molecule has 35 heavy (non-hydrogen) atoms. The predicted octanol–water partition coefficient (Wildman–Crippen LogP) is 4.83. The van der Waals surface area contributed by atoms with Gasteiger partial charge in [-0.15, -0.1) is 0 Å². The molecule has 0 radical (unpaired) electrons. The molecule has 0 spiro atoms. The van der Waals surface area contributed by atoms with Crippen LogP contribution in [0.1, 0.15) is 48.5 Å². The van der Waals surface area contributed by atoms with Crippen LogP contribution in [0, 0.1) is 10.1 Å². The van der Waals surface area contributed by atoms with E-state index in [-0.39, 0.29) is 41.5 Å². The van der Waals surface area contributed by atoms with Crippen LogP contribution in [0.3, 0.4) is 0 Å². The number of esters is 1. The molecule has 1 heterocycles. The third kappa shape index (κ3) is 5.48. The van der Waals surface area contributed by atoms with Crippen molar-refractivity contribution in [3.8, 4) is 0 Å². The Bertz CT molecular complexity index is 1290. The van der Waals surface area contributed by atoms with Crippen LogP contribution in [0.5, 0.6) is 0 Å². The van der Waals surface area contributed by atoms with Gasteiger partial charge in [-0.05, 0) is 33.8 Å². The summed E-state index contributed by atoms with van der Waals surface area (Å²) in [5.74, 6) is -1.05. The molecule has 3 rings (SSSR count). The number of carbonyl (C=O) groups excluding carboxylic acids is 3. The maximum atomic E-state index is 13.2. The quantitative estimate of drug-likeness (QED) is 0.204. The molecule has 184 valence electrons. The molecule has 0 N–H and O–H groups in total. The SMILES string of the molecule is CCOC(=O)c1c(N(C)CC(=O)c2ccccc2)c2ccc([N+](=O)[O-])cc2n1C(=O)OC(C)(C)C. The summed E-state index contributed by atoms with van der Waals surface area (Å²) < 4.78 is 11.7. The third-order valence-corrected chi connectivity index (χ3v) is 5.04. The van der Waals surface area contributed by atoms with Crippen LogP contribution in [0.2, 0.25) is 0 Å². The Hall–Kier alpha value is -4.21. The van der Waals surface area contributed by atoms with Crippen molar-refractivity contribution in [2.75, 3.05) is 25.1 Å². The average molecular weight is 482 g/mol. The van der Waals surface area contributed by atoms with Crippen LogP contribution in [0.15, 0.2) is 48.5 Å². The van der Waals surface area contributed by atoms with Crippen LogP contribution in [-0.2, 0) is 9.47 Å². The molecular formula is C25H27N3O7. The Morgan fingerprint density at radius 3 is 2.31 bits per heavy atom. The topological polar surface area (TPSA) is 121 Å². The van der Waals surface area contributed by atoms with Crippen molar-refractivity contribution in [3.05, 3.63) is 69.9 Å². The summed E-state index contributed by atoms with van der Waals surface area (Å²) in [7, 11) is 1.60. The van der Waals surface area contributed by atoms with Gasteiger partial charge in [-0.25, -0.2) is 14.2 Å². The van der Waals surface area contributed by atoms with Crippen molar-refractivity contribution in [1.29, 1.82) is 0 Å². The monoisotopic (exact) mass is 481 g/mol. The lowest BCUT2D eigenvalue weighted by Crippen LogP contribution is -2.31. The number of nitro benzene ring substituents is 1. The van der Waals surface area contributed by atoms with Crippen molar-refractivity contribution in [2.24, 2.45) is 0 Å². The third-order valence-electron chi connectivity index (χ3n) is 5.04. The van der Waals surface area contributed by atoms with Crippen molar-refractivity contribution in [3.63, 3.8) is 0 Å². The summed E-state index contributed by atoms with van der Waals surface area (Å²) in [6.07, 6.45) is -0.903. The summed E-state index contributed by atoms with van der Waals surface area (Å²) in [5.41, 5.74) is -0.572. The molecule has 0 atom stereocenters. The maximum absolute atomic E-state index is 13.2. The molecule has 0 aliphatic rings. The van der Waals surface area contributed by atoms with E-state index in [0.29, 0.717) is 10.9 Å². The second-order valence-electron chi connectivity index (χ2n) is 8.84. The minimum Gasteiger partial charge on any atom is -0.461 e. The largest absolute Gasteiger partial charge is 0.461 e. The number of likely N-dealkylation sites (N-methyl/N-ethyl adjacent to an activating group) is 1. The van der Waals surface area contributed by atoms with Gasteiger partial charge in [-0.1, -0.05) is 30.3 Å². The first-order valence-corrected chi connectivity index (χ1v) is 11.0. The minimum absolute atomic E-state index is 0.0287. The Balaban J connectivity index is 2.26. The number of benzene rings is 2. The molecule has 1 aromatic heterocycles. The van der Waals surface area contributed by atoms with Gasteiger partial charge in [-0.3, -0.25) is 14.9 Å². The molecule has 0 unspecified atom stereocenters. The summed E-state index contributed by atoms with van der Waals surface area (Å²) in [5, 5.41) is 11.8. The number of hydrogen-bond acceptors (Lipinski definition) is 8. The maximum Gasteiger partial charge on any atom is 0.419 e. The van der Waals surface area contributed by atoms with Crippen LogP contribution in [0.4, 0.5) is 16.2 Å². The second-order valence-corrected chi connectivity index (χ2v) is 8.84. The molecule has 0 aliphatic heterocycles. The van der Waals surface area contributed by atoms with E-state index < -0.39 is 22.6 Å². The lowest BCUT2D eigenvalue weighted by Gasteiger charge is -2.22. The number of Topliss-reactive ketones (excluding diaryl/α,β-unsaturated/α-hetero) is 1. The van der Waals surface area contributed by atoms with Crippen LogP contribution in [0.25, 0.3) is 10.9 Å². The zero-order valence-electron chi connectivity index (χ0n) is 20.2. The number of nitro groups is 1. The van der Waals surface area contributed by atoms with E-state index in [9.17, 15) is 24.5 Å². The van der Waals surface area contributed by atoms with Gasteiger partial charge in [0, 0.05) is 30.1 Å². The number of ketones is 1. The zero-order chi connectivity index (χ0) is 25.9. The Morgan fingerprint density at radius 2 is 1.74 bits per heavy atom. The number of ether oxygens (including phenoxy) is 2. The number of nitrogens with zero attached hydrogens (tertiary/aromatic N) is 3. The lowest BCUT2D eigenvalue weighted by molar-refractivity contribution is -0.384. The highest BCUT2D eigenvalue weighted by molar-refractivity contribution is 6.12. The van der Waals surface area contributed by atoms with Gasteiger partial charge < -0.3 is 14.4 Å². The van der Waals surface area contributed by atoms with E-state index in [1.165, 1.54) is 23.1 Å². The van der Waals surface area contributed by atoms with Gasteiger partial charge in [0.1, 0.15) is 5.60 Å². The van der Waals surface area contributed by atoms with E-state index in [1.807, 2.05) is 0 Å². The number of hydrogen-bond donors (Lipinski definition) is 0. The first kappa shape index (κ1) is 25.4. The molecule has 0 aliphatic carbocycles. The van der Waals surface area contributed by atoms with Crippen molar-refractivity contribution < 1.29 is 28.8 Å². The summed E-state index contributed by atoms with van der Waals surface area (Å²) in [6, 6.07) is 12.5. The van der Waals surface area contributed by atoms with Crippen molar-refractivity contribution in [2.45, 2.75) is 33.3 Å². The number of rotatable bonds is 7. The van der Waals surface area contributed by atoms with Crippen LogP contribution in [-0.4, -0.2) is 53.1 Å². The fraction of sp³-hybridized carbons (Fsp3) is 0.320. The second kappa shape index (κ2) is 9.96. The van der Waals surface area contributed by atoms with E-state index in [2.05, 4.69) is 0 Å². The van der Waals surface area contributed by atoms with Gasteiger partial charge in [0.05, 0.1) is 29.3 Å². The Labute approximate surface area is 202 Å². The predicted molar refractivity (Wildman–Crippen MR) is 130 cm³/mol. The molecule has 0 fully saturated rings. The highest BCUT2D eigenvalue weighted by Gasteiger charge is 2.33. The van der Waals surface area contributed by atoms with Gasteiger partial charge >= 0.3 is 12.1 Å². The zero-order valence-corrected chi connectivity index (χ0v) is 20.2. The first-order chi connectivity index (χ1) is 16.4. The molecule has 3 aromatic rings. The number of non-ortho nitro benzene ring substituents is 1. The summed E-state index contributed by atoms with van der Waals surface area (Å²) >= 11 is 0. The molecule has 10 heteroatoms. The molecule has 10 nitrogen and oxygen atoms in total. The van der Waals surface area contributed by atoms with E-state index >= 15 is 0 Å². The summed E-state index contributed by atoms with van der Waals surface area (Å²) in [6.45, 7) is 6.51. The number of anilines is 1. The molecule has 0 saturated heterocycles. The van der Waals surface area contributed by atoms with Crippen molar-refractivity contribution in [1.82, 2.24) is 4.57 Å². The molecule has 0 bridgehead atoms. The molecule has 0 amide bonds. The lowest BCUT2D eigenvalue weighted by atomic mass is 10.1.